The predicted octanol–water partition coefficient (Wildman–Crippen LogP) is 2.82. The molecule has 0 N–H and O–H groups in total. The van der Waals surface area contributed by atoms with Gasteiger partial charge in [-0.1, -0.05) is 18.2 Å². The van der Waals surface area contributed by atoms with Gasteiger partial charge in [0.05, 0.1) is 14.1 Å². The third kappa shape index (κ3) is 3.03. The van der Waals surface area contributed by atoms with E-state index in [0.29, 0.717) is 5.69 Å². The number of halogens is 3. The molecule has 0 saturated heterocycles. The van der Waals surface area contributed by atoms with Gasteiger partial charge < -0.3 is 0 Å². The summed E-state index contributed by atoms with van der Waals surface area (Å²) in [5, 5.41) is 0. The SMILES string of the molecule is C[N+](C)(CC(F)(F)F)c1ccccc1. The topological polar surface area (TPSA) is 0 Å². The largest absolute Gasteiger partial charge is 0.438 e. The van der Waals surface area contributed by atoms with Crippen LogP contribution in [0.15, 0.2) is 30.3 Å². The van der Waals surface area contributed by atoms with Crippen LogP contribution < -0.4 is 4.48 Å². The minimum absolute atomic E-state index is 0.176. The summed E-state index contributed by atoms with van der Waals surface area (Å²) in [4.78, 5) is 0. The Bertz CT molecular complexity index is 290. The highest BCUT2D eigenvalue weighted by Gasteiger charge is 2.38. The van der Waals surface area contributed by atoms with Crippen LogP contribution in [-0.2, 0) is 0 Å². The monoisotopic (exact) mass is 204 g/mol. The summed E-state index contributed by atoms with van der Waals surface area (Å²) in [6.07, 6.45) is -4.14. The quantitative estimate of drug-likeness (QED) is 0.650. The van der Waals surface area contributed by atoms with E-state index in [1.165, 1.54) is 0 Å². The van der Waals surface area contributed by atoms with Gasteiger partial charge in [-0.05, 0) is 12.1 Å². The van der Waals surface area contributed by atoms with Crippen LogP contribution in [-0.4, -0.2) is 26.8 Å². The smallest absolute Gasteiger partial charge is 0.288 e. The van der Waals surface area contributed by atoms with Gasteiger partial charge in [-0.3, -0.25) is 4.48 Å². The van der Waals surface area contributed by atoms with Crippen molar-refractivity contribution >= 4 is 5.69 Å². The van der Waals surface area contributed by atoms with Gasteiger partial charge in [0.15, 0.2) is 6.54 Å². The molecule has 0 unspecified atom stereocenters. The zero-order valence-electron chi connectivity index (χ0n) is 8.17. The van der Waals surface area contributed by atoms with E-state index in [4.69, 9.17) is 0 Å². The summed E-state index contributed by atoms with van der Waals surface area (Å²) in [6, 6.07) is 8.67. The summed E-state index contributed by atoms with van der Waals surface area (Å²) in [6.45, 7) is -0.850. The van der Waals surface area contributed by atoms with Crippen LogP contribution in [0.4, 0.5) is 18.9 Å². The van der Waals surface area contributed by atoms with Crippen LogP contribution in [0.3, 0.4) is 0 Å². The molecule has 0 aromatic heterocycles. The molecule has 0 amide bonds. The van der Waals surface area contributed by atoms with E-state index in [1.807, 2.05) is 0 Å². The van der Waals surface area contributed by atoms with Crippen molar-refractivity contribution < 1.29 is 13.2 Å². The highest BCUT2D eigenvalue weighted by molar-refractivity contribution is 5.41. The molecule has 0 aliphatic rings. The van der Waals surface area contributed by atoms with Gasteiger partial charge in [0.2, 0.25) is 0 Å². The van der Waals surface area contributed by atoms with E-state index < -0.39 is 12.7 Å². The molecule has 1 nitrogen and oxygen atoms in total. The highest BCUT2D eigenvalue weighted by Crippen LogP contribution is 2.25. The Hall–Kier alpha value is -1.03. The molecule has 0 radical (unpaired) electrons. The Morgan fingerprint density at radius 3 is 2.00 bits per heavy atom. The lowest BCUT2D eigenvalue weighted by molar-refractivity contribution is -0.138. The Balaban J connectivity index is 2.86. The molecule has 0 saturated carbocycles. The first-order valence-corrected chi connectivity index (χ1v) is 4.27. The lowest BCUT2D eigenvalue weighted by atomic mass is 10.2. The van der Waals surface area contributed by atoms with Gasteiger partial charge in [0.1, 0.15) is 5.69 Å². The zero-order valence-corrected chi connectivity index (χ0v) is 8.17. The normalized spacial score (nSPS) is 12.9. The summed E-state index contributed by atoms with van der Waals surface area (Å²) in [5.41, 5.74) is 0.657. The Morgan fingerprint density at radius 1 is 1.07 bits per heavy atom. The fourth-order valence-electron chi connectivity index (χ4n) is 1.37. The average Bonchev–Trinajstić information content (AvgIpc) is 2.01. The van der Waals surface area contributed by atoms with Gasteiger partial charge >= 0.3 is 6.18 Å². The minimum Gasteiger partial charge on any atom is -0.288 e. The fraction of sp³-hybridized carbons (Fsp3) is 0.400. The van der Waals surface area contributed by atoms with Crippen molar-refractivity contribution in [1.82, 2.24) is 4.48 Å². The average molecular weight is 204 g/mol. The van der Waals surface area contributed by atoms with Crippen molar-refractivity contribution in [2.24, 2.45) is 0 Å². The Morgan fingerprint density at radius 2 is 1.57 bits per heavy atom. The molecule has 1 aromatic rings. The Kier molecular flexibility index (Phi) is 2.85. The summed E-state index contributed by atoms with van der Waals surface area (Å²) in [5.74, 6) is 0. The van der Waals surface area contributed by atoms with Crippen molar-refractivity contribution in [3.63, 3.8) is 0 Å². The number of hydrogen-bond donors (Lipinski definition) is 0. The maximum Gasteiger partial charge on any atom is 0.438 e. The molecule has 0 spiro atoms. The molecular weight excluding hydrogens is 191 g/mol. The minimum atomic E-state index is -4.14. The van der Waals surface area contributed by atoms with E-state index in [2.05, 4.69) is 0 Å². The van der Waals surface area contributed by atoms with Crippen molar-refractivity contribution in [3.8, 4) is 0 Å². The van der Waals surface area contributed by atoms with E-state index in [-0.39, 0.29) is 4.48 Å². The molecule has 0 atom stereocenters. The van der Waals surface area contributed by atoms with Crippen molar-refractivity contribution in [2.75, 3.05) is 20.6 Å². The van der Waals surface area contributed by atoms with Gasteiger partial charge in [-0.2, -0.15) is 13.2 Å². The Labute approximate surface area is 81.4 Å². The highest BCUT2D eigenvalue weighted by atomic mass is 19.4. The molecule has 4 heteroatoms. The first-order valence-electron chi connectivity index (χ1n) is 4.27. The molecule has 0 aliphatic carbocycles. The third-order valence-electron chi connectivity index (χ3n) is 2.03. The molecule has 0 fully saturated rings. The first-order chi connectivity index (χ1) is 6.31. The van der Waals surface area contributed by atoms with Crippen molar-refractivity contribution in [2.45, 2.75) is 6.18 Å². The van der Waals surface area contributed by atoms with Gasteiger partial charge in [0, 0.05) is 0 Å². The first kappa shape index (κ1) is 11.0. The molecule has 78 valence electrons. The molecule has 1 rings (SSSR count). The van der Waals surface area contributed by atoms with Crippen LogP contribution in [0, 0.1) is 0 Å². The molecule has 0 heterocycles. The van der Waals surface area contributed by atoms with Crippen LogP contribution in [0.5, 0.6) is 0 Å². The zero-order chi connectivity index (χ0) is 10.8. The second kappa shape index (κ2) is 3.61. The van der Waals surface area contributed by atoms with Crippen molar-refractivity contribution in [1.29, 1.82) is 0 Å². The van der Waals surface area contributed by atoms with Crippen LogP contribution in [0.25, 0.3) is 0 Å². The summed E-state index contributed by atoms with van der Waals surface area (Å²) < 4.78 is 36.5. The predicted molar refractivity (Wildman–Crippen MR) is 51.0 cm³/mol. The molecular formula is C10H13F3N+. The summed E-state index contributed by atoms with van der Waals surface area (Å²) in [7, 11) is 3.09. The number of rotatable bonds is 2. The number of quaternary nitrogens is 1. The second-order valence-corrected chi connectivity index (χ2v) is 3.79. The lowest BCUT2D eigenvalue weighted by Gasteiger charge is -2.29. The number of para-hydroxylation sites is 1. The fourth-order valence-corrected chi connectivity index (χ4v) is 1.37. The van der Waals surface area contributed by atoms with Crippen LogP contribution in [0.1, 0.15) is 0 Å². The standard InChI is InChI=1S/C10H13F3N/c1-14(2,8-10(11,12)13)9-6-4-3-5-7-9/h3-7H,8H2,1-2H3/q+1. The van der Waals surface area contributed by atoms with Gasteiger partial charge in [-0.25, -0.2) is 0 Å². The number of hydrogen-bond acceptors (Lipinski definition) is 0. The van der Waals surface area contributed by atoms with E-state index in [9.17, 15) is 13.2 Å². The lowest BCUT2D eigenvalue weighted by Crippen LogP contribution is -2.47. The molecule has 14 heavy (non-hydrogen) atoms. The van der Waals surface area contributed by atoms with E-state index >= 15 is 0 Å². The number of nitrogens with zero attached hydrogens (tertiary/aromatic N) is 1. The van der Waals surface area contributed by atoms with Gasteiger partial charge in [-0.15, -0.1) is 0 Å². The molecule has 0 bridgehead atoms. The van der Waals surface area contributed by atoms with E-state index in [1.54, 1.807) is 44.4 Å². The second-order valence-electron chi connectivity index (χ2n) is 3.79. The van der Waals surface area contributed by atoms with E-state index in [0.717, 1.165) is 0 Å². The molecule has 1 aromatic carbocycles. The maximum atomic E-state index is 12.2. The maximum absolute atomic E-state index is 12.2. The van der Waals surface area contributed by atoms with Crippen LogP contribution in [0.2, 0.25) is 0 Å². The van der Waals surface area contributed by atoms with Crippen molar-refractivity contribution in [3.05, 3.63) is 30.3 Å². The third-order valence-corrected chi connectivity index (χ3v) is 2.03. The number of benzene rings is 1. The molecule has 0 aliphatic heterocycles. The summed E-state index contributed by atoms with van der Waals surface area (Å²) >= 11 is 0. The van der Waals surface area contributed by atoms with Crippen LogP contribution >= 0.6 is 0 Å². The number of alkyl halides is 3. The van der Waals surface area contributed by atoms with Gasteiger partial charge in [0.25, 0.3) is 0 Å².